The number of nitrogens with zero attached hydrogens (tertiary/aromatic N) is 1. The van der Waals surface area contributed by atoms with Gasteiger partial charge in [-0.1, -0.05) is 11.6 Å². The number of nitrogens with one attached hydrogen (secondary N) is 1. The number of hydrogen-bond donors (Lipinski definition) is 3. The van der Waals surface area contributed by atoms with Crippen molar-refractivity contribution < 1.29 is 28.3 Å². The van der Waals surface area contributed by atoms with Crippen LogP contribution in [-0.4, -0.2) is 42.2 Å². The average molecular weight is 339 g/mol. The van der Waals surface area contributed by atoms with Crippen LogP contribution in [0, 0.1) is 10.1 Å². The molecule has 0 aliphatic carbocycles. The molecule has 1 aromatic rings. The number of halogens is 1. The second-order valence-electron chi connectivity index (χ2n) is 3.89. The minimum absolute atomic E-state index is 0.246. The van der Waals surface area contributed by atoms with Gasteiger partial charge in [0.2, 0.25) is 10.0 Å². The van der Waals surface area contributed by atoms with Crippen LogP contribution in [0.3, 0.4) is 0 Å². The zero-order chi connectivity index (χ0) is 16.2. The molecule has 0 fully saturated rings. The third kappa shape index (κ3) is 4.36. The number of carboxylic acids is 1. The van der Waals surface area contributed by atoms with Gasteiger partial charge in [-0.15, -0.1) is 0 Å². The van der Waals surface area contributed by atoms with Gasteiger partial charge in [-0.2, -0.15) is 4.72 Å². The maximum absolute atomic E-state index is 12.0. The van der Waals surface area contributed by atoms with Gasteiger partial charge in [0.15, 0.2) is 0 Å². The number of aliphatic hydroxyl groups is 1. The maximum atomic E-state index is 12.0. The molecule has 0 aliphatic heterocycles. The Morgan fingerprint density at radius 3 is 2.57 bits per heavy atom. The Morgan fingerprint density at radius 1 is 1.48 bits per heavy atom. The summed E-state index contributed by atoms with van der Waals surface area (Å²) in [4.78, 5) is 20.2. The van der Waals surface area contributed by atoms with Gasteiger partial charge in [0.25, 0.3) is 5.69 Å². The highest BCUT2D eigenvalue weighted by molar-refractivity contribution is 7.89. The summed E-state index contributed by atoms with van der Waals surface area (Å²) in [7, 11) is -4.30. The summed E-state index contributed by atoms with van der Waals surface area (Å²) in [6.07, 6.45) is -0.343. The van der Waals surface area contributed by atoms with E-state index in [9.17, 15) is 23.3 Å². The smallest absolute Gasteiger partial charge is 0.321 e. The summed E-state index contributed by atoms with van der Waals surface area (Å²) in [5.41, 5.74) is -0.617. The van der Waals surface area contributed by atoms with Crippen molar-refractivity contribution in [3.63, 3.8) is 0 Å². The Bertz CT molecular complexity index is 661. The number of carboxylic acid groups (broad SMARTS) is 1. The SMILES string of the molecule is O=C(O)C(CCO)NS(=O)(=O)c1ccc(Cl)c([N+](=O)[O-])c1. The molecule has 9 nitrogen and oxygen atoms in total. The van der Waals surface area contributed by atoms with Gasteiger partial charge in [-0.05, 0) is 18.6 Å². The topological polar surface area (TPSA) is 147 Å². The number of aliphatic carboxylic acids is 1. The van der Waals surface area contributed by atoms with Crippen LogP contribution in [0.5, 0.6) is 0 Å². The molecule has 0 spiro atoms. The van der Waals surface area contributed by atoms with Crippen LogP contribution in [0.15, 0.2) is 23.1 Å². The number of rotatable bonds is 7. The molecule has 0 aromatic heterocycles. The molecule has 0 bridgehead atoms. The molecule has 1 aromatic carbocycles. The lowest BCUT2D eigenvalue weighted by Gasteiger charge is -2.13. The van der Waals surface area contributed by atoms with Gasteiger partial charge >= 0.3 is 5.97 Å². The molecular weight excluding hydrogens is 328 g/mol. The fourth-order valence-electron chi connectivity index (χ4n) is 1.42. The van der Waals surface area contributed by atoms with Gasteiger partial charge in [0.05, 0.1) is 9.82 Å². The van der Waals surface area contributed by atoms with Crippen LogP contribution < -0.4 is 4.72 Å². The molecule has 0 heterocycles. The Balaban J connectivity index is 3.16. The van der Waals surface area contributed by atoms with E-state index in [0.29, 0.717) is 0 Å². The first-order valence-electron chi connectivity index (χ1n) is 5.49. The predicted molar refractivity (Wildman–Crippen MR) is 71.6 cm³/mol. The van der Waals surface area contributed by atoms with Crippen molar-refractivity contribution in [2.24, 2.45) is 0 Å². The van der Waals surface area contributed by atoms with E-state index in [4.69, 9.17) is 21.8 Å². The quantitative estimate of drug-likeness (QED) is 0.480. The van der Waals surface area contributed by atoms with E-state index in [1.54, 1.807) is 0 Å². The van der Waals surface area contributed by atoms with Crippen LogP contribution in [-0.2, 0) is 14.8 Å². The lowest BCUT2D eigenvalue weighted by Crippen LogP contribution is -2.41. The monoisotopic (exact) mass is 338 g/mol. The number of benzene rings is 1. The molecule has 0 saturated heterocycles. The lowest BCUT2D eigenvalue weighted by molar-refractivity contribution is -0.384. The zero-order valence-corrected chi connectivity index (χ0v) is 12.0. The number of sulfonamides is 1. The molecule has 1 unspecified atom stereocenters. The van der Waals surface area contributed by atoms with Crippen molar-refractivity contribution in [2.75, 3.05) is 6.61 Å². The summed E-state index contributed by atoms with van der Waals surface area (Å²) in [6, 6.07) is 1.21. The molecule has 3 N–H and O–H groups in total. The fourth-order valence-corrected chi connectivity index (χ4v) is 2.85. The Kier molecular flexibility index (Phi) is 5.61. The van der Waals surface area contributed by atoms with Crippen molar-refractivity contribution >= 4 is 33.3 Å². The molecule has 116 valence electrons. The van der Waals surface area contributed by atoms with Gasteiger partial charge in [-0.3, -0.25) is 14.9 Å². The first kappa shape index (κ1) is 17.3. The molecule has 21 heavy (non-hydrogen) atoms. The van der Waals surface area contributed by atoms with E-state index >= 15 is 0 Å². The molecule has 0 radical (unpaired) electrons. The highest BCUT2D eigenvalue weighted by atomic mass is 35.5. The fraction of sp³-hybridized carbons (Fsp3) is 0.300. The van der Waals surface area contributed by atoms with Gasteiger partial charge < -0.3 is 10.2 Å². The first-order chi connectivity index (χ1) is 9.69. The number of nitro groups is 1. The van der Waals surface area contributed by atoms with Crippen LogP contribution in [0.1, 0.15) is 6.42 Å². The first-order valence-corrected chi connectivity index (χ1v) is 7.35. The molecule has 1 rings (SSSR count). The number of aliphatic hydroxyl groups excluding tert-OH is 1. The molecular formula is C10H11ClN2O7S. The molecule has 1 atom stereocenters. The second-order valence-corrected chi connectivity index (χ2v) is 6.02. The van der Waals surface area contributed by atoms with Crippen molar-refractivity contribution in [1.29, 1.82) is 0 Å². The standard InChI is InChI=1S/C10H11ClN2O7S/c11-7-2-1-6(5-9(7)13(17)18)21(19,20)12-8(3-4-14)10(15)16/h1-2,5,8,12,14H,3-4H2,(H,15,16). The Labute approximate surface area is 124 Å². The largest absolute Gasteiger partial charge is 0.480 e. The van der Waals surface area contributed by atoms with E-state index in [-0.39, 0.29) is 11.4 Å². The third-order valence-electron chi connectivity index (χ3n) is 2.44. The van der Waals surface area contributed by atoms with Crippen molar-refractivity contribution in [1.82, 2.24) is 4.72 Å². The van der Waals surface area contributed by atoms with Crippen LogP contribution in [0.4, 0.5) is 5.69 Å². The highest BCUT2D eigenvalue weighted by Gasteiger charge is 2.27. The van der Waals surface area contributed by atoms with Gasteiger partial charge in [0, 0.05) is 12.7 Å². The normalized spacial score (nSPS) is 12.9. The second kappa shape index (κ2) is 6.80. The van der Waals surface area contributed by atoms with E-state index in [2.05, 4.69) is 0 Å². The summed E-state index contributed by atoms with van der Waals surface area (Å²) in [5, 5.41) is 28.0. The minimum Gasteiger partial charge on any atom is -0.480 e. The van der Waals surface area contributed by atoms with Crippen LogP contribution >= 0.6 is 11.6 Å². The van der Waals surface area contributed by atoms with E-state index in [1.807, 2.05) is 4.72 Å². The average Bonchev–Trinajstić information content (AvgIpc) is 2.37. The summed E-state index contributed by atoms with van der Waals surface area (Å²) >= 11 is 5.56. The minimum atomic E-state index is -4.30. The van der Waals surface area contributed by atoms with Gasteiger partial charge in [0.1, 0.15) is 11.1 Å². The lowest BCUT2D eigenvalue weighted by atomic mass is 10.2. The predicted octanol–water partition coefficient (Wildman–Crippen LogP) is 0.362. The van der Waals surface area contributed by atoms with Crippen LogP contribution in [0.25, 0.3) is 0 Å². The number of carbonyl (C=O) groups is 1. The third-order valence-corrected chi connectivity index (χ3v) is 4.23. The Hall–Kier alpha value is -1.75. The number of nitro benzene ring substituents is 1. The zero-order valence-electron chi connectivity index (χ0n) is 10.4. The molecule has 0 saturated carbocycles. The summed E-state index contributed by atoms with van der Waals surface area (Å²) < 4.78 is 25.8. The van der Waals surface area contributed by atoms with E-state index in [0.717, 1.165) is 18.2 Å². The van der Waals surface area contributed by atoms with Crippen LogP contribution in [0.2, 0.25) is 5.02 Å². The highest BCUT2D eigenvalue weighted by Crippen LogP contribution is 2.27. The van der Waals surface area contributed by atoms with Gasteiger partial charge in [-0.25, -0.2) is 8.42 Å². The van der Waals surface area contributed by atoms with Crippen molar-refractivity contribution in [2.45, 2.75) is 17.4 Å². The van der Waals surface area contributed by atoms with E-state index < -0.39 is 44.1 Å². The summed E-state index contributed by atoms with van der Waals surface area (Å²) in [6.45, 7) is -0.541. The molecule has 11 heteroatoms. The Morgan fingerprint density at radius 2 is 2.10 bits per heavy atom. The molecule has 0 amide bonds. The number of hydrogen-bond acceptors (Lipinski definition) is 6. The molecule has 0 aliphatic rings. The maximum Gasteiger partial charge on any atom is 0.321 e. The van der Waals surface area contributed by atoms with Crippen molar-refractivity contribution in [3.05, 3.63) is 33.3 Å². The van der Waals surface area contributed by atoms with Crippen molar-refractivity contribution in [3.8, 4) is 0 Å². The van der Waals surface area contributed by atoms with E-state index in [1.165, 1.54) is 0 Å². The summed E-state index contributed by atoms with van der Waals surface area (Å²) in [5.74, 6) is -1.48.